The van der Waals surface area contributed by atoms with Crippen molar-refractivity contribution in [3.8, 4) is 0 Å². The average Bonchev–Trinajstić information content (AvgIpc) is 2.93. The van der Waals surface area contributed by atoms with Crippen molar-refractivity contribution in [3.05, 3.63) is 46.2 Å². The van der Waals surface area contributed by atoms with Crippen LogP contribution < -0.4 is 5.32 Å². The van der Waals surface area contributed by atoms with E-state index >= 15 is 0 Å². The molecule has 2 heterocycles. The Labute approximate surface area is 123 Å². The molecule has 0 aliphatic heterocycles. The van der Waals surface area contributed by atoms with E-state index in [2.05, 4.69) is 29.1 Å². The quantitative estimate of drug-likeness (QED) is 0.889. The highest BCUT2D eigenvalue weighted by Crippen LogP contribution is 2.18. The summed E-state index contributed by atoms with van der Waals surface area (Å²) in [6.07, 6.45) is 4.72. The summed E-state index contributed by atoms with van der Waals surface area (Å²) >= 11 is 1.65. The third-order valence-electron chi connectivity index (χ3n) is 2.92. The van der Waals surface area contributed by atoms with E-state index in [0.717, 1.165) is 22.7 Å². The van der Waals surface area contributed by atoms with Gasteiger partial charge in [-0.2, -0.15) is 0 Å². The standard InChI is InChI=1S/C15H19N3OS/c1-11(2)15-18-13(10-20-15)9-17-14(19)4-3-12-5-7-16-8-6-12/h5-8,10-11H,3-4,9H2,1-2H3,(H,17,19). The number of nitrogens with one attached hydrogen (secondary N) is 1. The van der Waals surface area contributed by atoms with Crippen LogP contribution in [0.25, 0.3) is 0 Å². The van der Waals surface area contributed by atoms with E-state index in [-0.39, 0.29) is 5.91 Å². The Kier molecular flexibility index (Phi) is 5.24. The van der Waals surface area contributed by atoms with Crippen molar-refractivity contribution in [1.82, 2.24) is 15.3 Å². The molecule has 0 saturated carbocycles. The van der Waals surface area contributed by atoms with Gasteiger partial charge in [0.25, 0.3) is 0 Å². The van der Waals surface area contributed by atoms with Crippen LogP contribution in [0.4, 0.5) is 0 Å². The second-order valence-corrected chi connectivity index (χ2v) is 5.85. The van der Waals surface area contributed by atoms with Gasteiger partial charge in [0.1, 0.15) is 0 Å². The molecule has 20 heavy (non-hydrogen) atoms. The maximum atomic E-state index is 11.8. The highest BCUT2D eigenvalue weighted by molar-refractivity contribution is 7.09. The number of amides is 1. The first-order valence-corrected chi connectivity index (χ1v) is 7.63. The molecule has 0 aromatic carbocycles. The Balaban J connectivity index is 1.74. The molecule has 0 aliphatic carbocycles. The van der Waals surface area contributed by atoms with E-state index in [1.165, 1.54) is 0 Å². The molecular weight excluding hydrogens is 270 g/mol. The van der Waals surface area contributed by atoms with E-state index < -0.39 is 0 Å². The number of hydrogen-bond donors (Lipinski definition) is 1. The van der Waals surface area contributed by atoms with Crippen LogP contribution in [-0.2, 0) is 17.8 Å². The fourth-order valence-corrected chi connectivity index (χ4v) is 2.59. The highest BCUT2D eigenvalue weighted by atomic mass is 32.1. The highest BCUT2D eigenvalue weighted by Gasteiger charge is 2.07. The Morgan fingerprint density at radius 1 is 1.35 bits per heavy atom. The van der Waals surface area contributed by atoms with E-state index in [0.29, 0.717) is 18.9 Å². The second-order valence-electron chi connectivity index (χ2n) is 4.96. The van der Waals surface area contributed by atoms with Crippen molar-refractivity contribution < 1.29 is 4.79 Å². The zero-order valence-corrected chi connectivity index (χ0v) is 12.6. The molecule has 5 heteroatoms. The molecule has 0 atom stereocenters. The van der Waals surface area contributed by atoms with Crippen LogP contribution in [0.1, 0.15) is 42.5 Å². The Morgan fingerprint density at radius 2 is 2.10 bits per heavy atom. The molecular formula is C15H19N3OS. The Morgan fingerprint density at radius 3 is 2.75 bits per heavy atom. The molecule has 0 fully saturated rings. The SMILES string of the molecule is CC(C)c1nc(CNC(=O)CCc2ccncc2)cs1. The zero-order valence-electron chi connectivity index (χ0n) is 11.8. The molecule has 106 valence electrons. The van der Waals surface area contributed by atoms with Gasteiger partial charge in [-0.3, -0.25) is 9.78 Å². The van der Waals surface area contributed by atoms with Crippen LogP contribution in [-0.4, -0.2) is 15.9 Å². The molecule has 0 bridgehead atoms. The minimum Gasteiger partial charge on any atom is -0.350 e. The van der Waals surface area contributed by atoms with Gasteiger partial charge in [0, 0.05) is 30.1 Å². The third kappa shape index (κ3) is 4.42. The number of aryl methyl sites for hydroxylation is 1. The smallest absolute Gasteiger partial charge is 0.220 e. The lowest BCUT2D eigenvalue weighted by Crippen LogP contribution is -2.23. The summed E-state index contributed by atoms with van der Waals surface area (Å²) in [6.45, 7) is 4.75. The van der Waals surface area contributed by atoms with Crippen LogP contribution >= 0.6 is 11.3 Å². The van der Waals surface area contributed by atoms with Gasteiger partial charge in [-0.05, 0) is 24.1 Å². The lowest BCUT2D eigenvalue weighted by atomic mass is 10.1. The zero-order chi connectivity index (χ0) is 14.4. The molecule has 0 spiro atoms. The van der Waals surface area contributed by atoms with Crippen LogP contribution in [0.15, 0.2) is 29.9 Å². The number of aromatic nitrogens is 2. The van der Waals surface area contributed by atoms with E-state index in [9.17, 15) is 4.79 Å². The summed E-state index contributed by atoms with van der Waals surface area (Å²) < 4.78 is 0. The van der Waals surface area contributed by atoms with Gasteiger partial charge in [-0.15, -0.1) is 11.3 Å². The lowest BCUT2D eigenvalue weighted by Gasteiger charge is -2.03. The second kappa shape index (κ2) is 7.14. The third-order valence-corrected chi connectivity index (χ3v) is 4.11. The first-order chi connectivity index (χ1) is 9.65. The topological polar surface area (TPSA) is 54.9 Å². The number of hydrogen-bond acceptors (Lipinski definition) is 4. The minimum absolute atomic E-state index is 0.0564. The summed E-state index contributed by atoms with van der Waals surface area (Å²) in [6, 6.07) is 3.87. The summed E-state index contributed by atoms with van der Waals surface area (Å²) in [5, 5.41) is 6.04. The van der Waals surface area contributed by atoms with Crippen molar-refractivity contribution >= 4 is 17.2 Å². The number of carbonyl (C=O) groups is 1. The van der Waals surface area contributed by atoms with E-state index in [4.69, 9.17) is 0 Å². The number of carbonyl (C=O) groups excluding carboxylic acids is 1. The molecule has 2 aromatic rings. The number of thiazole rings is 1. The Hall–Kier alpha value is -1.75. The summed E-state index contributed by atoms with van der Waals surface area (Å²) in [7, 11) is 0. The Bertz CT molecular complexity index is 551. The molecule has 0 unspecified atom stereocenters. The van der Waals surface area contributed by atoms with Gasteiger partial charge >= 0.3 is 0 Å². The predicted molar refractivity (Wildman–Crippen MR) is 80.6 cm³/mol. The van der Waals surface area contributed by atoms with Crippen molar-refractivity contribution in [2.75, 3.05) is 0 Å². The summed E-state index contributed by atoms with van der Waals surface area (Å²) in [5.74, 6) is 0.497. The molecule has 2 rings (SSSR count). The molecule has 0 saturated heterocycles. The minimum atomic E-state index is 0.0564. The normalized spacial score (nSPS) is 10.8. The van der Waals surface area contributed by atoms with E-state index in [1.54, 1.807) is 23.7 Å². The van der Waals surface area contributed by atoms with Crippen LogP contribution in [0.5, 0.6) is 0 Å². The van der Waals surface area contributed by atoms with E-state index in [1.807, 2.05) is 17.5 Å². The lowest BCUT2D eigenvalue weighted by molar-refractivity contribution is -0.121. The number of nitrogens with zero attached hydrogens (tertiary/aromatic N) is 2. The number of pyridine rings is 1. The van der Waals surface area contributed by atoms with Gasteiger partial charge < -0.3 is 5.32 Å². The molecule has 4 nitrogen and oxygen atoms in total. The molecule has 0 radical (unpaired) electrons. The molecule has 1 N–H and O–H groups in total. The molecule has 0 aliphatic rings. The fourth-order valence-electron chi connectivity index (χ4n) is 1.75. The van der Waals surface area contributed by atoms with Gasteiger partial charge in [0.2, 0.25) is 5.91 Å². The van der Waals surface area contributed by atoms with Crippen LogP contribution in [0, 0.1) is 0 Å². The first-order valence-electron chi connectivity index (χ1n) is 6.75. The largest absolute Gasteiger partial charge is 0.350 e. The molecule has 1 amide bonds. The number of rotatable bonds is 6. The molecule has 2 aromatic heterocycles. The maximum absolute atomic E-state index is 11.8. The van der Waals surface area contributed by atoms with Gasteiger partial charge in [0.05, 0.1) is 17.2 Å². The van der Waals surface area contributed by atoms with Crippen LogP contribution in [0.3, 0.4) is 0 Å². The first kappa shape index (κ1) is 14.7. The summed E-state index contributed by atoms with van der Waals surface area (Å²) in [4.78, 5) is 20.2. The predicted octanol–water partition coefficient (Wildman–Crippen LogP) is 2.91. The van der Waals surface area contributed by atoms with Gasteiger partial charge in [-0.25, -0.2) is 4.98 Å². The van der Waals surface area contributed by atoms with Crippen molar-refractivity contribution in [2.45, 2.75) is 39.2 Å². The van der Waals surface area contributed by atoms with Crippen LogP contribution in [0.2, 0.25) is 0 Å². The van der Waals surface area contributed by atoms with Crippen molar-refractivity contribution in [3.63, 3.8) is 0 Å². The van der Waals surface area contributed by atoms with Crippen molar-refractivity contribution in [2.24, 2.45) is 0 Å². The average molecular weight is 289 g/mol. The fraction of sp³-hybridized carbons (Fsp3) is 0.400. The summed E-state index contributed by atoms with van der Waals surface area (Å²) in [5.41, 5.74) is 2.07. The van der Waals surface area contributed by atoms with Gasteiger partial charge in [-0.1, -0.05) is 13.8 Å². The monoisotopic (exact) mass is 289 g/mol. The maximum Gasteiger partial charge on any atom is 0.220 e. The van der Waals surface area contributed by atoms with Crippen molar-refractivity contribution in [1.29, 1.82) is 0 Å². The van der Waals surface area contributed by atoms with Gasteiger partial charge in [0.15, 0.2) is 0 Å².